The lowest BCUT2D eigenvalue weighted by molar-refractivity contribution is -0.131. The third-order valence-corrected chi connectivity index (χ3v) is 5.47. The summed E-state index contributed by atoms with van der Waals surface area (Å²) in [7, 11) is 0.607. The van der Waals surface area contributed by atoms with Crippen molar-refractivity contribution in [3.8, 4) is 0 Å². The molecule has 0 saturated carbocycles. The third-order valence-electron chi connectivity index (χ3n) is 3.72. The fraction of sp³-hybridized carbons (Fsp3) is 0.538. The Morgan fingerprint density at radius 3 is 2.71 bits per heavy atom. The summed E-state index contributed by atoms with van der Waals surface area (Å²) >= 11 is 0. The molecule has 1 N–H and O–H groups in total. The van der Waals surface area contributed by atoms with E-state index >= 15 is 0 Å². The van der Waals surface area contributed by atoms with Gasteiger partial charge in [-0.25, -0.2) is 13.2 Å². The second-order valence-corrected chi connectivity index (χ2v) is 7.51. The molecule has 1 aliphatic rings. The van der Waals surface area contributed by atoms with Gasteiger partial charge in [0.2, 0.25) is 0 Å². The maximum Gasteiger partial charge on any atom is 0.328 e. The van der Waals surface area contributed by atoms with Crippen molar-refractivity contribution in [1.29, 1.82) is 0 Å². The SMILES string of the molecule is Cc1nn(C)c(N(C)C2CCS(=O)(=O)C2)c1/C=C/C(=O)O. The van der Waals surface area contributed by atoms with Gasteiger partial charge in [0.1, 0.15) is 5.82 Å². The van der Waals surface area contributed by atoms with Crippen LogP contribution in [0.1, 0.15) is 17.7 Å². The maximum atomic E-state index is 11.6. The second kappa shape index (κ2) is 5.51. The van der Waals surface area contributed by atoms with E-state index in [0.29, 0.717) is 17.7 Å². The van der Waals surface area contributed by atoms with E-state index < -0.39 is 15.8 Å². The lowest BCUT2D eigenvalue weighted by Gasteiger charge is -2.26. The fourth-order valence-corrected chi connectivity index (χ4v) is 4.46. The van der Waals surface area contributed by atoms with Crippen LogP contribution in [-0.2, 0) is 21.7 Å². The standard InChI is InChI=1S/C13H19N3O4S/c1-9-11(4-5-12(17)18)13(16(3)14-9)15(2)10-6-7-21(19,20)8-10/h4-5,10H,6-8H2,1-3H3,(H,17,18)/b5-4+. The number of aromatic nitrogens is 2. The molecule has 2 heterocycles. The van der Waals surface area contributed by atoms with Gasteiger partial charge in [-0.1, -0.05) is 0 Å². The summed E-state index contributed by atoms with van der Waals surface area (Å²) in [6, 6.07) is -0.109. The quantitative estimate of drug-likeness (QED) is 0.811. The van der Waals surface area contributed by atoms with Gasteiger partial charge in [-0.3, -0.25) is 4.68 Å². The van der Waals surface area contributed by atoms with Crippen LogP contribution in [0.25, 0.3) is 6.08 Å². The van der Waals surface area contributed by atoms with Crippen LogP contribution in [0, 0.1) is 6.92 Å². The van der Waals surface area contributed by atoms with Gasteiger partial charge < -0.3 is 10.0 Å². The topological polar surface area (TPSA) is 92.5 Å². The van der Waals surface area contributed by atoms with E-state index in [1.54, 1.807) is 18.7 Å². The first-order chi connectivity index (χ1) is 9.71. The Morgan fingerprint density at radius 1 is 1.52 bits per heavy atom. The van der Waals surface area contributed by atoms with E-state index in [-0.39, 0.29) is 17.5 Å². The summed E-state index contributed by atoms with van der Waals surface area (Å²) in [5, 5.41) is 13.1. The molecule has 7 nitrogen and oxygen atoms in total. The lowest BCUT2D eigenvalue weighted by atomic mass is 10.1. The van der Waals surface area contributed by atoms with E-state index in [2.05, 4.69) is 5.10 Å². The molecule has 0 amide bonds. The van der Waals surface area contributed by atoms with Crippen molar-refractivity contribution in [2.24, 2.45) is 7.05 Å². The highest BCUT2D eigenvalue weighted by Crippen LogP contribution is 2.28. The molecule has 1 atom stereocenters. The number of carboxylic acid groups (broad SMARTS) is 1. The monoisotopic (exact) mass is 313 g/mol. The van der Waals surface area contributed by atoms with Crippen LogP contribution in [0.4, 0.5) is 5.82 Å². The Morgan fingerprint density at radius 2 is 2.19 bits per heavy atom. The molecule has 0 spiro atoms. The van der Waals surface area contributed by atoms with Crippen molar-refractivity contribution in [3.05, 3.63) is 17.3 Å². The molecule has 1 aliphatic heterocycles. The van der Waals surface area contributed by atoms with Crippen molar-refractivity contribution in [3.63, 3.8) is 0 Å². The number of sulfone groups is 1. The van der Waals surface area contributed by atoms with Gasteiger partial charge in [0.05, 0.1) is 17.2 Å². The molecule has 8 heteroatoms. The van der Waals surface area contributed by atoms with E-state index in [1.165, 1.54) is 6.08 Å². The first kappa shape index (κ1) is 15.6. The zero-order valence-electron chi connectivity index (χ0n) is 12.3. The Bertz CT molecular complexity index is 691. The summed E-state index contributed by atoms with van der Waals surface area (Å²) in [4.78, 5) is 12.6. The van der Waals surface area contributed by atoms with E-state index in [0.717, 1.165) is 11.9 Å². The zero-order chi connectivity index (χ0) is 15.8. The predicted molar refractivity (Wildman–Crippen MR) is 80.1 cm³/mol. The molecule has 0 bridgehead atoms. The zero-order valence-corrected chi connectivity index (χ0v) is 13.1. The van der Waals surface area contributed by atoms with E-state index in [4.69, 9.17) is 5.11 Å². The Balaban J connectivity index is 2.37. The largest absolute Gasteiger partial charge is 0.478 e. The van der Waals surface area contributed by atoms with Crippen molar-refractivity contribution in [1.82, 2.24) is 9.78 Å². The summed E-state index contributed by atoms with van der Waals surface area (Å²) in [6.07, 6.45) is 3.14. The molecule has 1 aromatic rings. The number of hydrogen-bond acceptors (Lipinski definition) is 5. The molecule has 116 valence electrons. The number of aliphatic carboxylic acids is 1. The number of aryl methyl sites for hydroxylation is 2. The number of hydrogen-bond donors (Lipinski definition) is 1. The summed E-state index contributed by atoms with van der Waals surface area (Å²) in [5.41, 5.74) is 1.41. The predicted octanol–water partition coefficient (Wildman–Crippen LogP) is 0.450. The molecular formula is C13H19N3O4S. The van der Waals surface area contributed by atoms with E-state index in [1.807, 2.05) is 11.9 Å². The molecule has 1 aromatic heterocycles. The Kier molecular flexibility index (Phi) is 4.08. The van der Waals surface area contributed by atoms with Crippen LogP contribution in [0.15, 0.2) is 6.08 Å². The van der Waals surface area contributed by atoms with Crippen molar-refractivity contribution in [2.45, 2.75) is 19.4 Å². The molecular weight excluding hydrogens is 294 g/mol. The number of carboxylic acids is 1. The maximum absolute atomic E-state index is 11.6. The highest BCUT2D eigenvalue weighted by atomic mass is 32.2. The molecule has 21 heavy (non-hydrogen) atoms. The van der Waals surface area contributed by atoms with Gasteiger partial charge >= 0.3 is 5.97 Å². The summed E-state index contributed by atoms with van der Waals surface area (Å²) in [6.45, 7) is 1.80. The lowest BCUT2D eigenvalue weighted by Crippen LogP contribution is -2.34. The highest BCUT2D eigenvalue weighted by Gasteiger charge is 2.32. The minimum atomic E-state index is -2.98. The first-order valence-electron chi connectivity index (χ1n) is 6.59. The average Bonchev–Trinajstić information content (AvgIpc) is 2.85. The number of nitrogens with zero attached hydrogens (tertiary/aromatic N) is 3. The summed E-state index contributed by atoms with van der Waals surface area (Å²) in [5.74, 6) is 0.0111. The average molecular weight is 313 g/mol. The molecule has 0 radical (unpaired) electrons. The highest BCUT2D eigenvalue weighted by molar-refractivity contribution is 7.91. The van der Waals surface area contributed by atoms with Crippen LogP contribution >= 0.6 is 0 Å². The minimum Gasteiger partial charge on any atom is -0.478 e. The van der Waals surface area contributed by atoms with Crippen molar-refractivity contribution in [2.75, 3.05) is 23.5 Å². The van der Waals surface area contributed by atoms with Crippen LogP contribution in [0.3, 0.4) is 0 Å². The smallest absolute Gasteiger partial charge is 0.328 e. The van der Waals surface area contributed by atoms with Crippen LogP contribution < -0.4 is 4.90 Å². The normalized spacial score (nSPS) is 21.0. The third kappa shape index (κ3) is 3.26. The molecule has 0 aliphatic carbocycles. The van der Waals surface area contributed by atoms with Crippen LogP contribution in [-0.4, -0.2) is 53.9 Å². The van der Waals surface area contributed by atoms with Crippen LogP contribution in [0.2, 0.25) is 0 Å². The number of carbonyl (C=O) groups is 1. The second-order valence-electron chi connectivity index (χ2n) is 5.29. The van der Waals surface area contributed by atoms with Gasteiger partial charge in [-0.05, 0) is 19.4 Å². The number of rotatable bonds is 4. The van der Waals surface area contributed by atoms with Gasteiger partial charge in [-0.15, -0.1) is 0 Å². The molecule has 2 rings (SSSR count). The summed E-state index contributed by atoms with van der Waals surface area (Å²) < 4.78 is 24.9. The van der Waals surface area contributed by atoms with E-state index in [9.17, 15) is 13.2 Å². The minimum absolute atomic E-state index is 0.109. The number of anilines is 1. The molecule has 1 fully saturated rings. The van der Waals surface area contributed by atoms with Gasteiger partial charge in [0, 0.05) is 31.8 Å². The molecule has 1 saturated heterocycles. The van der Waals surface area contributed by atoms with Gasteiger partial charge in [0.25, 0.3) is 0 Å². The fourth-order valence-electron chi connectivity index (χ4n) is 2.68. The van der Waals surface area contributed by atoms with Crippen molar-refractivity contribution < 1.29 is 18.3 Å². The Labute approximate surface area is 123 Å². The Hall–Kier alpha value is -1.83. The van der Waals surface area contributed by atoms with Gasteiger partial charge in [0.15, 0.2) is 9.84 Å². The molecule has 0 aromatic carbocycles. The van der Waals surface area contributed by atoms with Crippen molar-refractivity contribution >= 4 is 27.7 Å². The van der Waals surface area contributed by atoms with Gasteiger partial charge in [-0.2, -0.15) is 5.10 Å². The first-order valence-corrected chi connectivity index (χ1v) is 8.41. The molecule has 1 unspecified atom stereocenters. The van der Waals surface area contributed by atoms with Crippen LogP contribution in [0.5, 0.6) is 0 Å².